The molecule has 3 rings (SSSR count). The molecule has 1 aliphatic heterocycles. The van der Waals surface area contributed by atoms with E-state index in [1.165, 1.54) is 12.8 Å². The first-order valence-corrected chi connectivity index (χ1v) is 6.70. The van der Waals surface area contributed by atoms with Gasteiger partial charge in [0.25, 0.3) is 0 Å². The van der Waals surface area contributed by atoms with E-state index in [-0.39, 0.29) is 0 Å². The van der Waals surface area contributed by atoms with Crippen LogP contribution >= 0.6 is 11.6 Å². The van der Waals surface area contributed by atoms with E-state index in [2.05, 4.69) is 17.5 Å². The second-order valence-corrected chi connectivity index (χ2v) is 5.02. The lowest BCUT2D eigenvalue weighted by Crippen LogP contribution is -2.16. The van der Waals surface area contributed by atoms with Crippen LogP contribution in [0.25, 0.3) is 6.08 Å². The summed E-state index contributed by atoms with van der Waals surface area (Å²) in [5, 5.41) is 4.04. The van der Waals surface area contributed by atoms with Crippen LogP contribution in [0, 0.1) is 0 Å². The Kier molecular flexibility index (Phi) is 3.43. The summed E-state index contributed by atoms with van der Waals surface area (Å²) in [6, 6.07) is 4.61. The predicted octanol–water partition coefficient (Wildman–Crippen LogP) is 2.88. The first-order chi connectivity index (χ1) is 8.83. The van der Waals surface area contributed by atoms with Gasteiger partial charge in [0.15, 0.2) is 11.5 Å². The lowest BCUT2D eigenvalue weighted by Gasteiger charge is -2.19. The minimum atomic E-state index is 0.563. The lowest BCUT2D eigenvalue weighted by molar-refractivity contribution is 0.171. The van der Waals surface area contributed by atoms with E-state index in [4.69, 9.17) is 21.1 Å². The highest BCUT2D eigenvalue weighted by Crippen LogP contribution is 2.38. The first-order valence-electron chi connectivity index (χ1n) is 6.32. The molecule has 0 radical (unpaired) electrons. The third-order valence-corrected chi connectivity index (χ3v) is 3.31. The van der Waals surface area contributed by atoms with Crippen LogP contribution in [0.2, 0.25) is 5.02 Å². The fourth-order valence-electron chi connectivity index (χ4n) is 1.94. The number of hydrogen-bond donors (Lipinski definition) is 1. The van der Waals surface area contributed by atoms with Crippen LogP contribution in [0.3, 0.4) is 0 Å². The highest BCUT2D eigenvalue weighted by atomic mass is 35.5. The molecule has 1 aromatic carbocycles. The molecule has 0 unspecified atom stereocenters. The van der Waals surface area contributed by atoms with Gasteiger partial charge in [0.1, 0.15) is 13.2 Å². The Morgan fingerprint density at radius 1 is 1.28 bits per heavy atom. The second kappa shape index (κ2) is 5.21. The standard InChI is InChI=1S/C14H16ClNO2/c15-12-8-10(2-1-5-16-11-3-4-11)9-13-14(12)18-7-6-17-13/h1-2,8-9,11,16H,3-7H2. The molecule has 1 heterocycles. The summed E-state index contributed by atoms with van der Waals surface area (Å²) in [5.41, 5.74) is 1.04. The molecule has 18 heavy (non-hydrogen) atoms. The normalized spacial score (nSPS) is 18.3. The third kappa shape index (κ3) is 2.79. The van der Waals surface area contributed by atoms with E-state index in [9.17, 15) is 0 Å². The van der Waals surface area contributed by atoms with Gasteiger partial charge < -0.3 is 14.8 Å². The molecule has 0 amide bonds. The molecule has 0 spiro atoms. The van der Waals surface area contributed by atoms with Crippen molar-refractivity contribution < 1.29 is 9.47 Å². The van der Waals surface area contributed by atoms with Crippen molar-refractivity contribution in [3.8, 4) is 11.5 Å². The zero-order valence-corrected chi connectivity index (χ0v) is 10.9. The number of rotatable bonds is 4. The number of benzene rings is 1. The number of fused-ring (bicyclic) bond motifs is 1. The van der Waals surface area contributed by atoms with E-state index in [0.717, 1.165) is 23.9 Å². The molecule has 1 fully saturated rings. The van der Waals surface area contributed by atoms with Crippen molar-refractivity contribution >= 4 is 17.7 Å². The van der Waals surface area contributed by atoms with Gasteiger partial charge in [0, 0.05) is 12.6 Å². The van der Waals surface area contributed by atoms with Gasteiger partial charge in [0.2, 0.25) is 0 Å². The van der Waals surface area contributed by atoms with Gasteiger partial charge in [0.05, 0.1) is 5.02 Å². The molecule has 0 bridgehead atoms. The number of halogens is 1. The summed E-state index contributed by atoms with van der Waals surface area (Å²) in [4.78, 5) is 0. The quantitative estimate of drug-likeness (QED) is 0.908. The third-order valence-electron chi connectivity index (χ3n) is 3.03. The smallest absolute Gasteiger partial charge is 0.179 e. The predicted molar refractivity (Wildman–Crippen MR) is 72.5 cm³/mol. The van der Waals surface area contributed by atoms with E-state index in [1.54, 1.807) is 0 Å². The molecule has 2 aliphatic rings. The summed E-state index contributed by atoms with van der Waals surface area (Å²) >= 11 is 6.17. The SMILES string of the molecule is Clc1cc(C=CCNC2CC2)cc2c1OCCO2. The topological polar surface area (TPSA) is 30.5 Å². The monoisotopic (exact) mass is 265 g/mol. The van der Waals surface area contributed by atoms with E-state index in [0.29, 0.717) is 24.0 Å². The largest absolute Gasteiger partial charge is 0.486 e. The molecule has 96 valence electrons. The summed E-state index contributed by atoms with van der Waals surface area (Å²) in [5.74, 6) is 1.40. The fourth-order valence-corrected chi connectivity index (χ4v) is 2.22. The summed E-state index contributed by atoms with van der Waals surface area (Å²) in [7, 11) is 0. The van der Waals surface area contributed by atoms with E-state index < -0.39 is 0 Å². The van der Waals surface area contributed by atoms with Crippen molar-refractivity contribution in [1.82, 2.24) is 5.32 Å². The Bertz CT molecular complexity index is 469. The molecular formula is C14H16ClNO2. The zero-order chi connectivity index (χ0) is 12.4. The van der Waals surface area contributed by atoms with Crippen LogP contribution in [0.15, 0.2) is 18.2 Å². The number of ether oxygens (including phenoxy) is 2. The fraction of sp³-hybridized carbons (Fsp3) is 0.429. The molecule has 3 nitrogen and oxygen atoms in total. The van der Waals surface area contributed by atoms with Crippen LogP contribution < -0.4 is 14.8 Å². The van der Waals surface area contributed by atoms with Crippen molar-refractivity contribution in [2.24, 2.45) is 0 Å². The average Bonchev–Trinajstić information content (AvgIpc) is 3.19. The van der Waals surface area contributed by atoms with Gasteiger partial charge >= 0.3 is 0 Å². The van der Waals surface area contributed by atoms with Gasteiger partial charge in [-0.05, 0) is 30.5 Å². The summed E-state index contributed by atoms with van der Waals surface area (Å²) in [6.07, 6.45) is 6.78. The molecular weight excluding hydrogens is 250 g/mol. The molecule has 1 aliphatic carbocycles. The summed E-state index contributed by atoms with van der Waals surface area (Å²) < 4.78 is 11.0. The van der Waals surface area contributed by atoms with Gasteiger partial charge in [-0.3, -0.25) is 0 Å². The molecule has 1 N–H and O–H groups in total. The Labute approximate surface area is 112 Å². The second-order valence-electron chi connectivity index (χ2n) is 4.61. The van der Waals surface area contributed by atoms with Crippen molar-refractivity contribution in [3.05, 3.63) is 28.8 Å². The van der Waals surface area contributed by atoms with Crippen molar-refractivity contribution in [2.45, 2.75) is 18.9 Å². The summed E-state index contributed by atoms with van der Waals surface area (Å²) in [6.45, 7) is 2.05. The maximum Gasteiger partial charge on any atom is 0.179 e. The van der Waals surface area contributed by atoms with Gasteiger partial charge in [-0.25, -0.2) is 0 Å². The van der Waals surface area contributed by atoms with Gasteiger partial charge in [-0.15, -0.1) is 0 Å². The van der Waals surface area contributed by atoms with Crippen LogP contribution in [0.4, 0.5) is 0 Å². The molecule has 1 saturated carbocycles. The van der Waals surface area contributed by atoms with E-state index >= 15 is 0 Å². The van der Waals surface area contributed by atoms with Crippen LogP contribution in [0.1, 0.15) is 18.4 Å². The minimum absolute atomic E-state index is 0.563. The number of hydrogen-bond acceptors (Lipinski definition) is 3. The van der Waals surface area contributed by atoms with Crippen LogP contribution in [0.5, 0.6) is 11.5 Å². The minimum Gasteiger partial charge on any atom is -0.486 e. The van der Waals surface area contributed by atoms with Gasteiger partial charge in [-0.2, -0.15) is 0 Å². The lowest BCUT2D eigenvalue weighted by atomic mass is 10.2. The molecule has 0 atom stereocenters. The highest BCUT2D eigenvalue weighted by Gasteiger charge is 2.19. The maximum atomic E-state index is 6.17. The Hall–Kier alpha value is -1.19. The molecule has 0 aromatic heterocycles. The van der Waals surface area contributed by atoms with Crippen molar-refractivity contribution in [2.75, 3.05) is 19.8 Å². The Morgan fingerprint density at radius 3 is 2.94 bits per heavy atom. The molecule has 1 aromatic rings. The zero-order valence-electron chi connectivity index (χ0n) is 10.1. The van der Waals surface area contributed by atoms with E-state index in [1.807, 2.05) is 12.1 Å². The average molecular weight is 266 g/mol. The molecule has 4 heteroatoms. The van der Waals surface area contributed by atoms with Crippen molar-refractivity contribution in [1.29, 1.82) is 0 Å². The molecule has 0 saturated heterocycles. The maximum absolute atomic E-state index is 6.17. The van der Waals surface area contributed by atoms with Crippen molar-refractivity contribution in [3.63, 3.8) is 0 Å². The van der Waals surface area contributed by atoms with Crippen LogP contribution in [-0.4, -0.2) is 25.8 Å². The Balaban J connectivity index is 1.69. The van der Waals surface area contributed by atoms with Gasteiger partial charge in [-0.1, -0.05) is 23.8 Å². The van der Waals surface area contributed by atoms with Crippen LogP contribution in [-0.2, 0) is 0 Å². The first kappa shape index (κ1) is 11.9. The Morgan fingerprint density at radius 2 is 2.11 bits per heavy atom. The number of nitrogens with one attached hydrogen (secondary N) is 1. The highest BCUT2D eigenvalue weighted by molar-refractivity contribution is 6.32.